The Morgan fingerprint density at radius 3 is 2.62 bits per heavy atom. The van der Waals surface area contributed by atoms with E-state index in [0.29, 0.717) is 35.1 Å². The van der Waals surface area contributed by atoms with Gasteiger partial charge in [-0.05, 0) is 50.5 Å². The van der Waals surface area contributed by atoms with Gasteiger partial charge in [-0.2, -0.15) is 10.4 Å². The van der Waals surface area contributed by atoms with E-state index in [-0.39, 0.29) is 0 Å². The van der Waals surface area contributed by atoms with Gasteiger partial charge in [-0.3, -0.25) is 4.68 Å². The summed E-state index contributed by atoms with van der Waals surface area (Å²) in [6, 6.07) is 8.25. The Bertz CT molecular complexity index is 798. The molecule has 0 radical (unpaired) electrons. The monoisotopic (exact) mass is 325 g/mol. The third-order valence-corrected chi connectivity index (χ3v) is 4.20. The number of hydrogen-bond donors (Lipinski definition) is 1. The highest BCUT2D eigenvalue weighted by Crippen LogP contribution is 2.47. The number of aliphatic carboxylic acids is 1. The zero-order chi connectivity index (χ0) is 17.3. The van der Waals surface area contributed by atoms with Crippen molar-refractivity contribution in [2.75, 3.05) is 0 Å². The lowest BCUT2D eigenvalue weighted by Gasteiger charge is -2.15. The number of nitrogens with zero attached hydrogens (tertiary/aromatic N) is 3. The molecule has 124 valence electrons. The second kappa shape index (κ2) is 6.36. The molecule has 6 heteroatoms. The van der Waals surface area contributed by atoms with E-state index in [1.54, 1.807) is 28.9 Å². The Morgan fingerprint density at radius 1 is 1.46 bits per heavy atom. The lowest BCUT2D eigenvalue weighted by molar-refractivity contribution is -0.141. The van der Waals surface area contributed by atoms with Gasteiger partial charge in [0, 0.05) is 5.92 Å². The number of nitriles is 1. The number of carboxylic acid groups (broad SMARTS) is 1. The van der Waals surface area contributed by atoms with Gasteiger partial charge in [0.25, 0.3) is 0 Å². The van der Waals surface area contributed by atoms with E-state index in [0.717, 1.165) is 18.5 Å². The van der Waals surface area contributed by atoms with Crippen molar-refractivity contribution in [3.8, 4) is 17.6 Å². The summed E-state index contributed by atoms with van der Waals surface area (Å²) < 4.78 is 7.63. The summed E-state index contributed by atoms with van der Waals surface area (Å²) in [5.74, 6) is 0.670. The van der Waals surface area contributed by atoms with Crippen LogP contribution in [0, 0.1) is 18.3 Å². The molecule has 1 aliphatic carbocycles. The molecule has 1 saturated carbocycles. The first-order valence-corrected chi connectivity index (χ1v) is 8.05. The molecule has 1 aliphatic rings. The molecule has 1 N–H and O–H groups in total. The van der Waals surface area contributed by atoms with Crippen LogP contribution in [-0.2, 0) is 4.79 Å². The van der Waals surface area contributed by atoms with Gasteiger partial charge >= 0.3 is 5.97 Å². The minimum atomic E-state index is -0.883. The molecule has 0 aliphatic heterocycles. The zero-order valence-electron chi connectivity index (χ0n) is 13.7. The van der Waals surface area contributed by atoms with Gasteiger partial charge in [0.05, 0.1) is 17.3 Å². The third kappa shape index (κ3) is 2.98. The van der Waals surface area contributed by atoms with Crippen LogP contribution in [0.1, 0.15) is 55.1 Å². The highest BCUT2D eigenvalue weighted by atomic mass is 16.5. The van der Waals surface area contributed by atoms with E-state index in [4.69, 9.17) is 10.00 Å². The number of ether oxygens (including phenoxy) is 1. The maximum Gasteiger partial charge on any atom is 0.328 e. The van der Waals surface area contributed by atoms with E-state index < -0.39 is 12.0 Å². The smallest absolute Gasteiger partial charge is 0.328 e. The minimum Gasteiger partial charge on any atom is -0.480 e. The van der Waals surface area contributed by atoms with Crippen molar-refractivity contribution in [3.05, 3.63) is 41.2 Å². The lowest BCUT2D eigenvalue weighted by atomic mass is 10.2. The maximum absolute atomic E-state index is 11.5. The zero-order valence-corrected chi connectivity index (χ0v) is 13.7. The predicted molar refractivity (Wildman–Crippen MR) is 87.1 cm³/mol. The number of hydrogen-bond acceptors (Lipinski definition) is 4. The molecule has 1 atom stereocenters. The van der Waals surface area contributed by atoms with Gasteiger partial charge in [0.15, 0.2) is 5.75 Å². The van der Waals surface area contributed by atoms with Gasteiger partial charge in [-0.1, -0.05) is 6.92 Å². The summed E-state index contributed by atoms with van der Waals surface area (Å²) >= 11 is 0. The Labute approximate surface area is 140 Å². The largest absolute Gasteiger partial charge is 0.480 e. The summed E-state index contributed by atoms with van der Waals surface area (Å²) in [5.41, 5.74) is 2.11. The van der Waals surface area contributed by atoms with Gasteiger partial charge in [-0.15, -0.1) is 0 Å². The summed E-state index contributed by atoms with van der Waals surface area (Å²) in [6.07, 6.45) is 2.50. The van der Waals surface area contributed by atoms with Gasteiger partial charge in [0.1, 0.15) is 17.5 Å². The van der Waals surface area contributed by atoms with Gasteiger partial charge in [-0.25, -0.2) is 4.79 Å². The average Bonchev–Trinajstić information content (AvgIpc) is 3.35. The van der Waals surface area contributed by atoms with E-state index in [9.17, 15) is 9.90 Å². The van der Waals surface area contributed by atoms with Crippen LogP contribution in [0.5, 0.6) is 11.5 Å². The standard InChI is InChI=1S/C18H19N3O3/c1-3-15(18(22)23)21-16(13-6-7-13)17(11(2)20-21)24-14-8-4-12(10-19)5-9-14/h4-5,8-9,13,15H,3,6-7H2,1-2H3,(H,22,23). The normalized spacial score (nSPS) is 14.9. The average molecular weight is 325 g/mol. The van der Waals surface area contributed by atoms with Gasteiger partial charge < -0.3 is 9.84 Å². The summed E-state index contributed by atoms with van der Waals surface area (Å²) in [5, 5.41) is 22.8. The topological polar surface area (TPSA) is 88.1 Å². The van der Waals surface area contributed by atoms with E-state index in [1.807, 2.05) is 13.8 Å². The highest BCUT2D eigenvalue weighted by Gasteiger charge is 2.36. The number of carbonyl (C=O) groups is 1. The maximum atomic E-state index is 11.5. The van der Waals surface area contributed by atoms with Crippen molar-refractivity contribution in [1.29, 1.82) is 5.26 Å². The lowest BCUT2D eigenvalue weighted by Crippen LogP contribution is -2.21. The van der Waals surface area contributed by atoms with Crippen LogP contribution < -0.4 is 4.74 Å². The first-order valence-electron chi connectivity index (χ1n) is 8.05. The SMILES string of the molecule is CCC(C(=O)O)n1nc(C)c(Oc2ccc(C#N)cc2)c1C1CC1. The molecule has 1 aromatic carbocycles. The van der Waals surface area contributed by atoms with Crippen molar-refractivity contribution in [3.63, 3.8) is 0 Å². The summed E-state index contributed by atoms with van der Waals surface area (Å²) in [7, 11) is 0. The molecule has 1 heterocycles. The molecule has 2 aromatic rings. The first kappa shape index (κ1) is 16.1. The molecule has 24 heavy (non-hydrogen) atoms. The molecule has 0 bridgehead atoms. The molecule has 1 aromatic heterocycles. The molecule has 0 amide bonds. The predicted octanol–water partition coefficient (Wildman–Crippen LogP) is 3.77. The quantitative estimate of drug-likeness (QED) is 0.873. The highest BCUT2D eigenvalue weighted by molar-refractivity contribution is 5.72. The van der Waals surface area contributed by atoms with Crippen LogP contribution in [0.25, 0.3) is 0 Å². The summed E-state index contributed by atoms with van der Waals surface area (Å²) in [6.45, 7) is 3.67. The third-order valence-electron chi connectivity index (χ3n) is 4.20. The van der Waals surface area contributed by atoms with Crippen molar-refractivity contribution >= 4 is 5.97 Å². The van der Waals surface area contributed by atoms with Crippen molar-refractivity contribution < 1.29 is 14.6 Å². The Kier molecular flexibility index (Phi) is 4.26. The van der Waals surface area contributed by atoms with Crippen molar-refractivity contribution in [2.24, 2.45) is 0 Å². The molecule has 6 nitrogen and oxygen atoms in total. The second-order valence-corrected chi connectivity index (χ2v) is 6.02. The summed E-state index contributed by atoms with van der Waals surface area (Å²) in [4.78, 5) is 11.5. The molecule has 0 spiro atoms. The van der Waals surface area contributed by atoms with Crippen molar-refractivity contribution in [1.82, 2.24) is 9.78 Å². The molecule has 1 fully saturated rings. The molecule has 3 rings (SSSR count). The van der Waals surface area contributed by atoms with Crippen LogP contribution in [0.3, 0.4) is 0 Å². The van der Waals surface area contributed by atoms with Crippen LogP contribution >= 0.6 is 0 Å². The number of rotatable bonds is 6. The fraction of sp³-hybridized carbons (Fsp3) is 0.389. The van der Waals surface area contributed by atoms with E-state index in [2.05, 4.69) is 11.2 Å². The van der Waals surface area contributed by atoms with Crippen LogP contribution in [0.2, 0.25) is 0 Å². The van der Waals surface area contributed by atoms with Crippen LogP contribution in [-0.4, -0.2) is 20.9 Å². The van der Waals surface area contributed by atoms with Crippen molar-refractivity contribution in [2.45, 2.75) is 45.1 Å². The first-order chi connectivity index (χ1) is 11.5. The fourth-order valence-corrected chi connectivity index (χ4v) is 2.81. The molecular weight excluding hydrogens is 306 g/mol. The molecule has 1 unspecified atom stereocenters. The number of aromatic nitrogens is 2. The molecule has 0 saturated heterocycles. The van der Waals surface area contributed by atoms with E-state index >= 15 is 0 Å². The fourth-order valence-electron chi connectivity index (χ4n) is 2.81. The Hall–Kier alpha value is -2.81. The molecular formula is C18H19N3O3. The number of aryl methyl sites for hydroxylation is 1. The number of carboxylic acids is 1. The second-order valence-electron chi connectivity index (χ2n) is 6.02. The van der Waals surface area contributed by atoms with Gasteiger partial charge in [0.2, 0.25) is 0 Å². The minimum absolute atomic E-state index is 0.299. The Morgan fingerprint density at radius 2 is 2.12 bits per heavy atom. The number of benzene rings is 1. The Balaban J connectivity index is 1.99. The van der Waals surface area contributed by atoms with E-state index in [1.165, 1.54) is 0 Å². The van der Waals surface area contributed by atoms with Crippen LogP contribution in [0.15, 0.2) is 24.3 Å². The van der Waals surface area contributed by atoms with Crippen LogP contribution in [0.4, 0.5) is 0 Å².